The summed E-state index contributed by atoms with van der Waals surface area (Å²) in [4.78, 5) is 0. The van der Waals surface area contributed by atoms with E-state index in [1.165, 1.54) is 0 Å². The lowest BCUT2D eigenvalue weighted by Gasteiger charge is -2.22. The molecule has 3 aromatic rings. The number of allylic oxidation sites excluding steroid dienone is 1. The second-order valence-corrected chi connectivity index (χ2v) is 5.17. The van der Waals surface area contributed by atoms with Gasteiger partial charge < -0.3 is 14.9 Å². The Kier molecular flexibility index (Phi) is 2.74. The van der Waals surface area contributed by atoms with Crippen molar-refractivity contribution in [2.75, 3.05) is 0 Å². The maximum absolute atomic E-state index is 9.54. The average molecular weight is 308 g/mol. The van der Waals surface area contributed by atoms with Crippen molar-refractivity contribution in [1.82, 2.24) is 20.0 Å². The lowest BCUT2D eigenvalue weighted by molar-refractivity contribution is 0.379. The monoisotopic (exact) mass is 308 g/mol. The van der Waals surface area contributed by atoms with Crippen LogP contribution >= 0.6 is 0 Å². The molecule has 3 N–H and O–H groups in total. The standard InChI is InChI=1S/C15H12N6O2/c1-21-7-8(6-18-21)11-9(5-16)14(17)23-15-12(11)13(19-20-15)10-3-2-4-22-10/h2-4,6-7,11H,17H2,1H3,(H,19,20)/t11-/m0/s1. The fourth-order valence-corrected chi connectivity index (χ4v) is 2.78. The Hall–Kier alpha value is -3.47. The molecular weight excluding hydrogens is 296 g/mol. The van der Waals surface area contributed by atoms with Crippen molar-refractivity contribution >= 4 is 0 Å². The number of nitrogens with two attached hydrogens (primary N) is 1. The molecule has 0 spiro atoms. The minimum atomic E-state index is -0.420. The molecule has 4 heterocycles. The molecule has 0 aromatic carbocycles. The summed E-state index contributed by atoms with van der Waals surface area (Å²) in [7, 11) is 1.81. The molecule has 114 valence electrons. The summed E-state index contributed by atoms with van der Waals surface area (Å²) < 4.78 is 12.6. The van der Waals surface area contributed by atoms with Crippen molar-refractivity contribution in [2.24, 2.45) is 12.8 Å². The summed E-state index contributed by atoms with van der Waals surface area (Å²) in [6.45, 7) is 0. The van der Waals surface area contributed by atoms with Gasteiger partial charge in [0.15, 0.2) is 5.76 Å². The topological polar surface area (TPSA) is 119 Å². The summed E-state index contributed by atoms with van der Waals surface area (Å²) in [5, 5.41) is 20.8. The summed E-state index contributed by atoms with van der Waals surface area (Å²) >= 11 is 0. The predicted octanol–water partition coefficient (Wildman–Crippen LogP) is 1.62. The van der Waals surface area contributed by atoms with Crippen LogP contribution in [0.5, 0.6) is 5.88 Å². The number of nitrogens with one attached hydrogen (secondary N) is 1. The summed E-state index contributed by atoms with van der Waals surface area (Å²) in [5.74, 6) is 0.568. The zero-order valence-corrected chi connectivity index (χ0v) is 12.1. The number of hydrogen-bond acceptors (Lipinski definition) is 6. The van der Waals surface area contributed by atoms with Crippen LogP contribution in [-0.2, 0) is 7.05 Å². The maximum atomic E-state index is 9.54. The van der Waals surface area contributed by atoms with E-state index < -0.39 is 5.92 Å². The first-order valence-electron chi connectivity index (χ1n) is 6.87. The Morgan fingerprint density at radius 3 is 3.00 bits per heavy atom. The number of furan rings is 1. The number of nitrogens with zero attached hydrogens (tertiary/aromatic N) is 4. The molecule has 0 fully saturated rings. The van der Waals surface area contributed by atoms with Crippen molar-refractivity contribution in [3.05, 3.63) is 53.4 Å². The minimum absolute atomic E-state index is 0.0475. The van der Waals surface area contributed by atoms with Crippen LogP contribution in [0.1, 0.15) is 17.0 Å². The zero-order valence-electron chi connectivity index (χ0n) is 12.1. The Morgan fingerprint density at radius 1 is 1.48 bits per heavy atom. The van der Waals surface area contributed by atoms with Gasteiger partial charge in [-0.3, -0.25) is 9.78 Å². The van der Waals surface area contributed by atoms with Crippen molar-refractivity contribution in [1.29, 1.82) is 5.26 Å². The fraction of sp³-hybridized carbons (Fsp3) is 0.133. The number of ether oxygens (including phenoxy) is 1. The average Bonchev–Trinajstić information content (AvgIpc) is 3.25. The fourth-order valence-electron chi connectivity index (χ4n) is 2.78. The third-order valence-electron chi connectivity index (χ3n) is 3.76. The van der Waals surface area contributed by atoms with E-state index in [1.807, 2.05) is 19.3 Å². The van der Waals surface area contributed by atoms with E-state index >= 15 is 0 Å². The van der Waals surface area contributed by atoms with Gasteiger partial charge in [-0.05, 0) is 12.1 Å². The molecule has 1 aliphatic rings. The Morgan fingerprint density at radius 2 is 2.35 bits per heavy atom. The normalized spacial score (nSPS) is 16.8. The Bertz CT molecular complexity index is 941. The molecule has 1 atom stereocenters. The number of rotatable bonds is 2. The van der Waals surface area contributed by atoms with Gasteiger partial charge in [-0.1, -0.05) is 0 Å². The molecule has 1 aliphatic heterocycles. The number of H-pyrrole nitrogens is 1. The van der Waals surface area contributed by atoms with Crippen molar-refractivity contribution in [3.63, 3.8) is 0 Å². The van der Waals surface area contributed by atoms with E-state index in [4.69, 9.17) is 14.9 Å². The maximum Gasteiger partial charge on any atom is 0.244 e. The van der Waals surface area contributed by atoms with Crippen molar-refractivity contribution < 1.29 is 9.15 Å². The summed E-state index contributed by atoms with van der Waals surface area (Å²) in [5.41, 5.74) is 8.40. The van der Waals surface area contributed by atoms with E-state index in [9.17, 15) is 5.26 Å². The quantitative estimate of drug-likeness (QED) is 0.742. The van der Waals surface area contributed by atoms with Gasteiger partial charge in [0.1, 0.15) is 17.3 Å². The summed E-state index contributed by atoms with van der Waals surface area (Å²) in [6, 6.07) is 5.72. The Labute approximate surface area is 130 Å². The number of hydrogen-bond donors (Lipinski definition) is 2. The van der Waals surface area contributed by atoms with Gasteiger partial charge >= 0.3 is 0 Å². The number of aromatic nitrogens is 4. The van der Waals surface area contributed by atoms with E-state index in [0.29, 0.717) is 28.5 Å². The third kappa shape index (κ3) is 1.91. The van der Waals surface area contributed by atoms with Crippen molar-refractivity contribution in [2.45, 2.75) is 5.92 Å². The van der Waals surface area contributed by atoms with Gasteiger partial charge in [0.2, 0.25) is 11.8 Å². The number of aromatic amines is 1. The number of nitriles is 1. The highest BCUT2D eigenvalue weighted by molar-refractivity contribution is 5.67. The van der Waals surface area contributed by atoms with E-state index in [2.05, 4.69) is 21.4 Å². The highest BCUT2D eigenvalue weighted by atomic mass is 16.5. The second kappa shape index (κ2) is 4.78. The minimum Gasteiger partial charge on any atom is -0.463 e. The number of fused-ring (bicyclic) bond motifs is 1. The van der Waals surface area contributed by atoms with Crippen molar-refractivity contribution in [3.8, 4) is 23.4 Å². The number of aryl methyl sites for hydroxylation is 1. The molecule has 23 heavy (non-hydrogen) atoms. The first kappa shape index (κ1) is 13.2. The smallest absolute Gasteiger partial charge is 0.244 e. The molecule has 0 amide bonds. The summed E-state index contributed by atoms with van der Waals surface area (Å²) in [6.07, 6.45) is 5.10. The van der Waals surface area contributed by atoms with Crippen LogP contribution in [-0.4, -0.2) is 20.0 Å². The predicted molar refractivity (Wildman–Crippen MR) is 78.8 cm³/mol. The van der Waals surface area contributed by atoms with Crippen LogP contribution in [0.4, 0.5) is 0 Å². The van der Waals surface area contributed by atoms with Crippen LogP contribution in [0, 0.1) is 11.3 Å². The third-order valence-corrected chi connectivity index (χ3v) is 3.76. The van der Waals surface area contributed by atoms with Gasteiger partial charge in [0, 0.05) is 18.8 Å². The highest BCUT2D eigenvalue weighted by Crippen LogP contribution is 2.45. The van der Waals surface area contributed by atoms with E-state index in [1.54, 1.807) is 23.2 Å². The first-order chi connectivity index (χ1) is 11.2. The molecule has 4 rings (SSSR count). The van der Waals surface area contributed by atoms with Gasteiger partial charge in [0.05, 0.1) is 23.9 Å². The molecule has 0 bridgehead atoms. The first-order valence-corrected chi connectivity index (χ1v) is 6.87. The molecule has 0 saturated carbocycles. The SMILES string of the molecule is Cn1cc([C@H]2C(C#N)=C(N)Oc3n[nH]c(-c4ccco4)c32)cn1. The van der Waals surface area contributed by atoms with Gasteiger partial charge in [-0.25, -0.2) is 0 Å². The molecule has 0 aliphatic carbocycles. The van der Waals surface area contributed by atoms with Gasteiger partial charge in [-0.15, -0.1) is 5.10 Å². The lowest BCUT2D eigenvalue weighted by Crippen LogP contribution is -2.20. The van der Waals surface area contributed by atoms with Crippen LogP contribution in [0.25, 0.3) is 11.5 Å². The molecule has 0 unspecified atom stereocenters. The highest BCUT2D eigenvalue weighted by Gasteiger charge is 2.36. The lowest BCUT2D eigenvalue weighted by atomic mass is 9.85. The van der Waals surface area contributed by atoms with E-state index in [0.717, 1.165) is 5.56 Å². The molecule has 3 aromatic heterocycles. The van der Waals surface area contributed by atoms with Crippen LogP contribution < -0.4 is 10.5 Å². The van der Waals surface area contributed by atoms with Gasteiger partial charge in [0.25, 0.3) is 0 Å². The molecule has 8 heteroatoms. The molecule has 8 nitrogen and oxygen atoms in total. The largest absolute Gasteiger partial charge is 0.463 e. The van der Waals surface area contributed by atoms with Crippen LogP contribution in [0.3, 0.4) is 0 Å². The Balaban J connectivity index is 1.96. The van der Waals surface area contributed by atoms with E-state index in [-0.39, 0.29) is 5.88 Å². The molecule has 0 saturated heterocycles. The zero-order chi connectivity index (χ0) is 16.0. The molecule has 0 radical (unpaired) electrons. The molecular formula is C15H12N6O2. The van der Waals surface area contributed by atoms with Gasteiger partial charge in [-0.2, -0.15) is 10.4 Å². The second-order valence-electron chi connectivity index (χ2n) is 5.17. The van der Waals surface area contributed by atoms with Crippen LogP contribution in [0.2, 0.25) is 0 Å². The van der Waals surface area contributed by atoms with Crippen LogP contribution in [0.15, 0.2) is 46.7 Å².